The molecule has 0 amide bonds. The molecule has 0 heterocycles. The second-order valence-electron chi connectivity index (χ2n) is 4.64. The molecule has 0 aliphatic heterocycles. The van der Waals surface area contributed by atoms with Gasteiger partial charge < -0.3 is 1.43 Å². The summed E-state index contributed by atoms with van der Waals surface area (Å²) < 4.78 is 30.6. The molecule has 0 unspecified atom stereocenters. The number of aryl methyl sites for hydroxylation is 1. The molecule has 0 radical (unpaired) electrons. The van der Waals surface area contributed by atoms with Gasteiger partial charge in [0.05, 0.1) is 4.90 Å². The van der Waals surface area contributed by atoms with Gasteiger partial charge in [-0.15, -0.1) is 0 Å². The molecule has 5 heteroatoms. The fraction of sp³-hybridized carbons (Fsp3) is 0.571. The number of benzene rings is 1. The summed E-state index contributed by atoms with van der Waals surface area (Å²) in [7, 11) is -4.06. The van der Waals surface area contributed by atoms with Crippen LogP contribution in [0, 0.1) is 0 Å². The summed E-state index contributed by atoms with van der Waals surface area (Å²) in [4.78, 5) is -0.0332. The van der Waals surface area contributed by atoms with Crippen LogP contribution in [0.5, 0.6) is 0 Å². The van der Waals surface area contributed by atoms with Gasteiger partial charge in [-0.1, -0.05) is 51.2 Å². The Balaban J connectivity index is 0. The standard InChI is InChI=1S/C14H22O3S.Na.H/c1-2-3-4-5-6-7-8-13-9-11-14(12-10-13)18(15,16)17;;/h9-12H,2-8H2,1H3,(H,15,16,17);;/q;+1;-1. The predicted molar refractivity (Wildman–Crippen MR) is 74.4 cm³/mol. The third kappa shape index (κ3) is 8.10. The largest absolute Gasteiger partial charge is 1.00 e. The van der Waals surface area contributed by atoms with E-state index in [2.05, 4.69) is 6.92 Å². The second kappa shape index (κ2) is 9.94. The second-order valence-corrected chi connectivity index (χ2v) is 6.06. The van der Waals surface area contributed by atoms with Gasteiger partial charge in [-0.3, -0.25) is 4.55 Å². The maximum atomic E-state index is 10.9. The molecule has 0 bridgehead atoms. The average molecular weight is 294 g/mol. The Labute approximate surface area is 140 Å². The van der Waals surface area contributed by atoms with Gasteiger partial charge in [0.1, 0.15) is 0 Å². The van der Waals surface area contributed by atoms with Crippen molar-refractivity contribution in [3.63, 3.8) is 0 Å². The smallest absolute Gasteiger partial charge is 1.00 e. The quantitative estimate of drug-likeness (QED) is 0.441. The van der Waals surface area contributed by atoms with E-state index in [1.54, 1.807) is 12.1 Å². The van der Waals surface area contributed by atoms with Crippen molar-refractivity contribution in [3.8, 4) is 0 Å². The van der Waals surface area contributed by atoms with E-state index in [9.17, 15) is 8.42 Å². The van der Waals surface area contributed by atoms with Crippen LogP contribution in [0.2, 0.25) is 0 Å². The van der Waals surface area contributed by atoms with Crippen molar-refractivity contribution in [2.45, 2.75) is 56.8 Å². The third-order valence-corrected chi connectivity index (χ3v) is 3.91. The Bertz CT molecular complexity index is 446. The number of hydrogen-bond acceptors (Lipinski definition) is 2. The zero-order valence-corrected chi connectivity index (χ0v) is 14.7. The predicted octanol–water partition coefficient (Wildman–Crippen LogP) is 0.953. The van der Waals surface area contributed by atoms with Crippen LogP contribution >= 0.6 is 0 Å². The summed E-state index contributed by atoms with van der Waals surface area (Å²) in [5.74, 6) is 0. The molecule has 104 valence electrons. The minimum atomic E-state index is -4.06. The molecule has 0 spiro atoms. The Morgan fingerprint density at radius 1 is 1.00 bits per heavy atom. The van der Waals surface area contributed by atoms with Crippen molar-refractivity contribution in [2.24, 2.45) is 0 Å². The average Bonchev–Trinajstić information content (AvgIpc) is 2.33. The maximum absolute atomic E-state index is 10.9. The molecule has 0 aliphatic carbocycles. The van der Waals surface area contributed by atoms with E-state index in [1.807, 2.05) is 0 Å². The SMILES string of the molecule is CCCCCCCCc1ccc(S(=O)(=O)O)cc1.[H-].[Na+]. The zero-order chi connectivity index (χ0) is 13.4. The van der Waals surface area contributed by atoms with Gasteiger partial charge in [-0.2, -0.15) is 8.42 Å². The monoisotopic (exact) mass is 294 g/mol. The molecule has 0 saturated heterocycles. The first kappa shape index (κ1) is 19.1. The van der Waals surface area contributed by atoms with Gasteiger partial charge in [0.25, 0.3) is 10.1 Å². The van der Waals surface area contributed by atoms with Crippen LogP contribution < -0.4 is 29.6 Å². The van der Waals surface area contributed by atoms with Gasteiger partial charge in [-0.25, -0.2) is 0 Å². The molecular weight excluding hydrogens is 271 g/mol. The summed E-state index contributed by atoms with van der Waals surface area (Å²) in [5, 5.41) is 0. The van der Waals surface area contributed by atoms with Crippen LogP contribution in [0.4, 0.5) is 0 Å². The van der Waals surface area contributed by atoms with E-state index in [0.29, 0.717) is 0 Å². The molecular formula is C14H23NaO3S. The van der Waals surface area contributed by atoms with E-state index < -0.39 is 10.1 Å². The first-order chi connectivity index (χ1) is 8.54. The van der Waals surface area contributed by atoms with Crippen LogP contribution in [-0.2, 0) is 16.5 Å². The topological polar surface area (TPSA) is 54.4 Å². The Morgan fingerprint density at radius 3 is 2.05 bits per heavy atom. The van der Waals surface area contributed by atoms with E-state index in [4.69, 9.17) is 4.55 Å². The number of rotatable bonds is 8. The van der Waals surface area contributed by atoms with Gasteiger partial charge in [0.15, 0.2) is 0 Å². The van der Waals surface area contributed by atoms with E-state index in [0.717, 1.165) is 18.4 Å². The van der Waals surface area contributed by atoms with E-state index >= 15 is 0 Å². The first-order valence-corrected chi connectivity index (χ1v) is 8.04. The fourth-order valence-corrected chi connectivity index (χ4v) is 2.42. The maximum Gasteiger partial charge on any atom is 1.00 e. The summed E-state index contributed by atoms with van der Waals surface area (Å²) in [5.41, 5.74) is 1.12. The molecule has 0 atom stereocenters. The molecule has 1 aromatic carbocycles. The first-order valence-electron chi connectivity index (χ1n) is 6.60. The fourth-order valence-electron chi connectivity index (χ4n) is 1.94. The summed E-state index contributed by atoms with van der Waals surface area (Å²) in [6, 6.07) is 6.47. The molecule has 0 saturated carbocycles. The third-order valence-electron chi connectivity index (χ3n) is 3.04. The van der Waals surface area contributed by atoms with Gasteiger partial charge in [-0.05, 0) is 30.5 Å². The molecule has 0 fully saturated rings. The molecule has 1 aromatic rings. The van der Waals surface area contributed by atoms with Crippen molar-refractivity contribution < 1.29 is 44.0 Å². The molecule has 0 aliphatic rings. The molecule has 1 rings (SSSR count). The van der Waals surface area contributed by atoms with Gasteiger partial charge in [0, 0.05) is 0 Å². The van der Waals surface area contributed by atoms with Gasteiger partial charge in [0.2, 0.25) is 0 Å². The van der Waals surface area contributed by atoms with Crippen LogP contribution in [0.25, 0.3) is 0 Å². The Hall–Kier alpha value is 0.130. The zero-order valence-electron chi connectivity index (χ0n) is 12.9. The number of unbranched alkanes of at least 4 members (excludes halogenated alkanes) is 5. The Morgan fingerprint density at radius 2 is 1.53 bits per heavy atom. The van der Waals surface area contributed by atoms with Crippen molar-refractivity contribution >= 4 is 10.1 Å². The Kier molecular flexibility index (Phi) is 10.0. The summed E-state index contributed by atoms with van der Waals surface area (Å²) in [6.45, 7) is 2.21. The molecule has 1 N–H and O–H groups in total. The van der Waals surface area contributed by atoms with Crippen LogP contribution in [-0.4, -0.2) is 13.0 Å². The van der Waals surface area contributed by atoms with Crippen molar-refractivity contribution in [2.75, 3.05) is 0 Å². The minimum absolute atomic E-state index is 0. The van der Waals surface area contributed by atoms with Gasteiger partial charge >= 0.3 is 29.6 Å². The van der Waals surface area contributed by atoms with E-state index in [1.165, 1.54) is 44.2 Å². The van der Waals surface area contributed by atoms with E-state index in [-0.39, 0.29) is 35.9 Å². The van der Waals surface area contributed by atoms with Crippen molar-refractivity contribution in [1.82, 2.24) is 0 Å². The van der Waals surface area contributed by atoms with Crippen molar-refractivity contribution in [3.05, 3.63) is 29.8 Å². The normalized spacial score (nSPS) is 11.1. The van der Waals surface area contributed by atoms with Crippen LogP contribution in [0.15, 0.2) is 29.2 Å². The minimum Gasteiger partial charge on any atom is -1.00 e. The van der Waals surface area contributed by atoms with Crippen LogP contribution in [0.3, 0.4) is 0 Å². The van der Waals surface area contributed by atoms with Crippen LogP contribution in [0.1, 0.15) is 52.4 Å². The molecule has 3 nitrogen and oxygen atoms in total. The van der Waals surface area contributed by atoms with Crippen molar-refractivity contribution in [1.29, 1.82) is 0 Å². The summed E-state index contributed by atoms with van der Waals surface area (Å²) in [6.07, 6.45) is 8.47. The molecule has 0 aromatic heterocycles. The summed E-state index contributed by atoms with van der Waals surface area (Å²) >= 11 is 0. The molecule has 19 heavy (non-hydrogen) atoms. The number of hydrogen-bond donors (Lipinski definition) is 1.